The molecule has 2 atom stereocenters. The molecule has 11 heteroatoms. The van der Waals surface area contributed by atoms with Gasteiger partial charge in [0.05, 0.1) is 12.4 Å². The second-order valence-electron chi connectivity index (χ2n) is 4.47. The number of rotatable bonds is 3. The maximum Gasteiger partial charge on any atom is 0.352 e. The van der Waals surface area contributed by atoms with E-state index in [0.29, 0.717) is 0 Å². The van der Waals surface area contributed by atoms with E-state index in [1.54, 1.807) is 0 Å². The van der Waals surface area contributed by atoms with Gasteiger partial charge in [-0.2, -0.15) is 4.98 Å². The van der Waals surface area contributed by atoms with E-state index in [1.807, 2.05) is 0 Å². The fourth-order valence-corrected chi connectivity index (χ4v) is 2.06. The van der Waals surface area contributed by atoms with Gasteiger partial charge in [-0.25, -0.2) is 9.48 Å². The Hall–Kier alpha value is -2.92. The van der Waals surface area contributed by atoms with Gasteiger partial charge in [-0.1, -0.05) is 5.21 Å². The molecule has 0 amide bonds. The molecule has 0 fully saturated rings. The largest absolute Gasteiger partial charge is 0.506 e. The Bertz CT molecular complexity index is 783. The molecular weight excluding hydrogens is 296 g/mol. The van der Waals surface area contributed by atoms with Crippen molar-refractivity contribution in [1.82, 2.24) is 24.5 Å². The summed E-state index contributed by atoms with van der Waals surface area (Å²) >= 11 is 0. The molecule has 5 N–H and O–H groups in total. The first kappa shape index (κ1) is 14.0. The normalized spacial score (nSPS) is 21.2. The molecule has 0 saturated carbocycles. The Balaban J connectivity index is 2.06. The van der Waals surface area contributed by atoms with Crippen LogP contribution in [0, 0.1) is 0 Å². The maximum atomic E-state index is 12.0. The average Bonchev–Trinajstić information content (AvgIpc) is 3.10. The van der Waals surface area contributed by atoms with Crippen LogP contribution in [0.4, 0.5) is 5.82 Å². The average molecular weight is 308 g/mol. The first-order valence-corrected chi connectivity index (χ1v) is 6.16. The number of ether oxygens (including phenoxy) is 1. The van der Waals surface area contributed by atoms with Crippen molar-refractivity contribution >= 4 is 5.82 Å². The third kappa shape index (κ3) is 2.08. The van der Waals surface area contributed by atoms with Gasteiger partial charge in [0.2, 0.25) is 6.23 Å². The lowest BCUT2D eigenvalue weighted by Gasteiger charge is -2.18. The predicted octanol–water partition coefficient (Wildman–Crippen LogP) is -1.94. The minimum absolute atomic E-state index is 0.0844. The van der Waals surface area contributed by atoms with Crippen molar-refractivity contribution < 1.29 is 20.1 Å². The summed E-state index contributed by atoms with van der Waals surface area (Å²) in [6, 6.07) is 0. The number of nitrogens with zero attached hydrogens (tertiary/aromatic N) is 5. The van der Waals surface area contributed by atoms with Crippen molar-refractivity contribution in [2.24, 2.45) is 0 Å². The van der Waals surface area contributed by atoms with Crippen molar-refractivity contribution in [3.63, 3.8) is 0 Å². The summed E-state index contributed by atoms with van der Waals surface area (Å²) in [5, 5.41) is 36.0. The van der Waals surface area contributed by atoms with Crippen LogP contribution in [0.15, 0.2) is 34.9 Å². The Morgan fingerprint density at radius 1 is 1.45 bits per heavy atom. The quantitative estimate of drug-likeness (QED) is 0.505. The zero-order valence-corrected chi connectivity index (χ0v) is 11.1. The number of hydrogen-bond donors (Lipinski definition) is 4. The van der Waals surface area contributed by atoms with Crippen LogP contribution in [0.2, 0.25) is 0 Å². The second kappa shape index (κ2) is 5.13. The Kier molecular flexibility index (Phi) is 3.27. The highest BCUT2D eigenvalue weighted by molar-refractivity contribution is 5.49. The number of nitrogens with two attached hydrogens (primary N) is 1. The van der Waals surface area contributed by atoms with Crippen molar-refractivity contribution in [1.29, 1.82) is 0 Å². The molecule has 3 heterocycles. The first-order chi connectivity index (χ1) is 10.5. The summed E-state index contributed by atoms with van der Waals surface area (Å²) in [6.45, 7) is -0.619. The Labute approximate surface area is 122 Å². The van der Waals surface area contributed by atoms with E-state index in [-0.39, 0.29) is 17.3 Å². The minimum Gasteiger partial charge on any atom is -0.506 e. The van der Waals surface area contributed by atoms with Gasteiger partial charge in [-0.15, -0.1) is 5.10 Å². The highest BCUT2D eigenvalue weighted by Gasteiger charge is 2.37. The molecule has 0 aromatic carbocycles. The van der Waals surface area contributed by atoms with Crippen molar-refractivity contribution in [2.75, 3.05) is 12.3 Å². The van der Waals surface area contributed by atoms with Gasteiger partial charge in [0.25, 0.3) is 0 Å². The number of nitrogen functional groups attached to an aromatic ring is 1. The summed E-state index contributed by atoms with van der Waals surface area (Å²) in [5.41, 5.74) is 5.13. The van der Waals surface area contributed by atoms with Crippen molar-refractivity contribution in [3.8, 4) is 5.69 Å². The molecule has 0 radical (unpaired) electrons. The van der Waals surface area contributed by atoms with Gasteiger partial charge in [-0.3, -0.25) is 4.57 Å². The van der Waals surface area contributed by atoms with E-state index < -0.39 is 30.4 Å². The van der Waals surface area contributed by atoms with Gasteiger partial charge in [-0.05, 0) is 0 Å². The van der Waals surface area contributed by atoms with Crippen LogP contribution < -0.4 is 11.4 Å². The van der Waals surface area contributed by atoms with Gasteiger partial charge >= 0.3 is 5.69 Å². The lowest BCUT2D eigenvalue weighted by Crippen LogP contribution is -2.34. The second-order valence-corrected chi connectivity index (χ2v) is 4.47. The molecule has 0 bridgehead atoms. The van der Waals surface area contributed by atoms with Crippen molar-refractivity contribution in [3.05, 3.63) is 40.6 Å². The van der Waals surface area contributed by atoms with Crippen LogP contribution in [-0.2, 0) is 4.74 Å². The molecule has 0 spiro atoms. The van der Waals surface area contributed by atoms with Gasteiger partial charge < -0.3 is 25.8 Å². The smallest absolute Gasteiger partial charge is 0.352 e. The van der Waals surface area contributed by atoms with E-state index in [0.717, 1.165) is 4.57 Å². The number of anilines is 1. The molecule has 1 unspecified atom stereocenters. The van der Waals surface area contributed by atoms with E-state index >= 15 is 0 Å². The summed E-state index contributed by atoms with van der Waals surface area (Å²) in [4.78, 5) is 15.6. The highest BCUT2D eigenvalue weighted by atomic mass is 16.5. The summed E-state index contributed by atoms with van der Waals surface area (Å²) < 4.78 is 7.40. The van der Waals surface area contributed by atoms with E-state index in [2.05, 4.69) is 15.3 Å². The number of aliphatic hydroxyl groups is 3. The molecule has 11 nitrogen and oxygen atoms in total. The molecule has 116 valence electrons. The predicted molar refractivity (Wildman–Crippen MR) is 70.7 cm³/mol. The molecule has 2 aromatic heterocycles. The SMILES string of the molecule is Nc1nc(=O)n([C@@H]2OC(CO)=C(O)C2O)cc1-n1ccnn1. The molecule has 1 aliphatic heterocycles. The van der Waals surface area contributed by atoms with Crippen LogP contribution in [0.5, 0.6) is 0 Å². The van der Waals surface area contributed by atoms with Gasteiger partial charge in [0.1, 0.15) is 12.3 Å². The van der Waals surface area contributed by atoms with E-state index in [9.17, 15) is 15.0 Å². The van der Waals surface area contributed by atoms with Crippen LogP contribution in [0.1, 0.15) is 6.23 Å². The molecule has 2 aromatic rings. The molecule has 0 aliphatic carbocycles. The topological polar surface area (TPSA) is 162 Å². The zero-order chi connectivity index (χ0) is 15.9. The van der Waals surface area contributed by atoms with Crippen LogP contribution in [0.25, 0.3) is 5.69 Å². The molecular formula is C11H12N6O5. The maximum absolute atomic E-state index is 12.0. The monoisotopic (exact) mass is 308 g/mol. The third-order valence-corrected chi connectivity index (χ3v) is 3.15. The van der Waals surface area contributed by atoms with Crippen molar-refractivity contribution in [2.45, 2.75) is 12.3 Å². The third-order valence-electron chi connectivity index (χ3n) is 3.15. The Morgan fingerprint density at radius 3 is 2.82 bits per heavy atom. The standard InChI is InChI=1S/C11H12N6O5/c12-9-5(17-2-1-13-15-17)3-16(11(21)14-9)10-8(20)7(19)6(4-18)22-10/h1-3,8,10,18-20H,4H2,(H2,12,14,21)/t8?,10-/m1/s1. The van der Waals surface area contributed by atoms with Crippen LogP contribution in [-0.4, -0.2) is 52.6 Å². The van der Waals surface area contributed by atoms with E-state index in [4.69, 9.17) is 15.6 Å². The zero-order valence-electron chi connectivity index (χ0n) is 11.1. The summed E-state index contributed by atoms with van der Waals surface area (Å²) in [5.74, 6) is -0.846. The molecule has 1 aliphatic rings. The fraction of sp³-hybridized carbons (Fsp3) is 0.273. The van der Waals surface area contributed by atoms with E-state index in [1.165, 1.54) is 23.3 Å². The number of aliphatic hydroxyl groups excluding tert-OH is 3. The number of aromatic nitrogens is 5. The van der Waals surface area contributed by atoms with Gasteiger partial charge in [0, 0.05) is 6.20 Å². The fourth-order valence-electron chi connectivity index (χ4n) is 2.06. The summed E-state index contributed by atoms with van der Waals surface area (Å²) in [7, 11) is 0. The van der Waals surface area contributed by atoms with Crippen LogP contribution >= 0.6 is 0 Å². The Morgan fingerprint density at radius 2 is 2.23 bits per heavy atom. The molecule has 0 saturated heterocycles. The molecule has 3 rings (SSSR count). The summed E-state index contributed by atoms with van der Waals surface area (Å²) in [6.07, 6.45) is 1.37. The highest BCUT2D eigenvalue weighted by Crippen LogP contribution is 2.30. The lowest BCUT2D eigenvalue weighted by molar-refractivity contribution is -0.0171. The lowest BCUT2D eigenvalue weighted by atomic mass is 10.2. The van der Waals surface area contributed by atoms with Gasteiger partial charge in [0.15, 0.2) is 23.4 Å². The molecule has 22 heavy (non-hydrogen) atoms. The first-order valence-electron chi connectivity index (χ1n) is 6.16. The van der Waals surface area contributed by atoms with Crippen LogP contribution in [0.3, 0.4) is 0 Å². The minimum atomic E-state index is -1.52. The number of hydrogen-bond acceptors (Lipinski definition) is 9.